The van der Waals surface area contributed by atoms with E-state index in [-0.39, 0.29) is 18.2 Å². The number of carbonyl (C=O) groups excluding carboxylic acids is 1. The zero-order chi connectivity index (χ0) is 15.9. The zero-order valence-corrected chi connectivity index (χ0v) is 12.8. The van der Waals surface area contributed by atoms with Gasteiger partial charge in [-0.2, -0.15) is 5.10 Å². The Kier molecular flexibility index (Phi) is 5.38. The average Bonchev–Trinajstić information content (AvgIpc) is 2.49. The fraction of sp³-hybridized carbons (Fsp3) is 0.125. The van der Waals surface area contributed by atoms with Crippen LogP contribution in [0.5, 0.6) is 5.75 Å². The van der Waals surface area contributed by atoms with Crippen molar-refractivity contribution in [2.45, 2.75) is 6.92 Å². The molecule has 3 N–H and O–H groups in total. The van der Waals surface area contributed by atoms with Gasteiger partial charge in [0, 0.05) is 10.7 Å². The second kappa shape index (κ2) is 7.47. The van der Waals surface area contributed by atoms with Gasteiger partial charge in [-0.05, 0) is 42.3 Å². The number of phenolic OH excluding ortho intramolecular Hbond substituents is 1. The molecule has 0 saturated heterocycles. The molecule has 0 spiro atoms. The lowest BCUT2D eigenvalue weighted by Crippen LogP contribution is -2.26. The Balaban J connectivity index is 1.84. The Hall–Kier alpha value is -2.53. The predicted octanol–water partition coefficient (Wildman–Crippen LogP) is 2.92. The van der Waals surface area contributed by atoms with Crippen LogP contribution in [-0.2, 0) is 4.79 Å². The smallest absolute Gasteiger partial charge is 0.259 e. The summed E-state index contributed by atoms with van der Waals surface area (Å²) in [5.74, 6) is -0.135. The lowest BCUT2D eigenvalue weighted by molar-refractivity contribution is -0.119. The predicted molar refractivity (Wildman–Crippen MR) is 88.5 cm³/mol. The van der Waals surface area contributed by atoms with Gasteiger partial charge in [0.1, 0.15) is 5.75 Å². The lowest BCUT2D eigenvalue weighted by atomic mass is 10.2. The number of rotatable bonds is 5. The molecule has 22 heavy (non-hydrogen) atoms. The molecular formula is C16H16ClN3O2. The number of carbonyl (C=O) groups is 1. The van der Waals surface area contributed by atoms with Crippen molar-refractivity contribution >= 4 is 29.4 Å². The maximum atomic E-state index is 11.7. The first-order valence-electron chi connectivity index (χ1n) is 6.66. The molecule has 0 aliphatic carbocycles. The molecule has 0 aliphatic rings. The van der Waals surface area contributed by atoms with E-state index in [1.54, 1.807) is 30.3 Å². The van der Waals surface area contributed by atoms with Crippen LogP contribution in [-0.4, -0.2) is 23.8 Å². The summed E-state index contributed by atoms with van der Waals surface area (Å²) in [6.45, 7) is 1.96. The van der Waals surface area contributed by atoms with Crippen LogP contribution in [0.3, 0.4) is 0 Å². The molecule has 2 aromatic carbocycles. The van der Waals surface area contributed by atoms with Gasteiger partial charge in [-0.1, -0.05) is 29.8 Å². The van der Waals surface area contributed by atoms with E-state index in [4.69, 9.17) is 11.6 Å². The number of hydrogen-bond acceptors (Lipinski definition) is 4. The quantitative estimate of drug-likeness (QED) is 0.586. The van der Waals surface area contributed by atoms with Crippen LogP contribution in [0.25, 0.3) is 0 Å². The van der Waals surface area contributed by atoms with Crippen molar-refractivity contribution in [3.05, 3.63) is 58.6 Å². The summed E-state index contributed by atoms with van der Waals surface area (Å²) in [6, 6.07) is 12.0. The summed E-state index contributed by atoms with van der Waals surface area (Å²) in [5, 5.41) is 16.8. The molecule has 2 rings (SSSR count). The molecule has 2 aromatic rings. The Bertz CT molecular complexity index is 702. The van der Waals surface area contributed by atoms with Crippen molar-refractivity contribution < 1.29 is 9.90 Å². The number of halogens is 1. The first kappa shape index (κ1) is 15.9. The van der Waals surface area contributed by atoms with E-state index >= 15 is 0 Å². The molecule has 0 aromatic heterocycles. The molecule has 114 valence electrons. The molecule has 6 heteroatoms. The highest BCUT2D eigenvalue weighted by Gasteiger charge is 2.04. The summed E-state index contributed by atoms with van der Waals surface area (Å²) < 4.78 is 0. The molecular weight excluding hydrogens is 302 g/mol. The molecule has 0 heterocycles. The number of hydrogen-bond donors (Lipinski definition) is 3. The summed E-state index contributed by atoms with van der Waals surface area (Å²) in [4.78, 5) is 11.7. The summed E-state index contributed by atoms with van der Waals surface area (Å²) in [6.07, 6.45) is 1.46. The molecule has 0 saturated carbocycles. The number of anilines is 1. The van der Waals surface area contributed by atoms with Crippen molar-refractivity contribution in [1.82, 2.24) is 5.43 Å². The van der Waals surface area contributed by atoms with Crippen molar-refractivity contribution in [2.75, 3.05) is 11.9 Å². The summed E-state index contributed by atoms with van der Waals surface area (Å²) >= 11 is 6.01. The lowest BCUT2D eigenvalue weighted by Gasteiger charge is -2.09. The van der Waals surface area contributed by atoms with Gasteiger partial charge in [-0.25, -0.2) is 5.43 Å². The minimum absolute atomic E-state index is 0.0819. The fourth-order valence-electron chi connectivity index (χ4n) is 1.80. The molecule has 0 unspecified atom stereocenters. The number of phenols is 1. The Labute approximate surface area is 133 Å². The topological polar surface area (TPSA) is 73.7 Å². The van der Waals surface area contributed by atoms with Crippen molar-refractivity contribution in [3.8, 4) is 5.75 Å². The largest absolute Gasteiger partial charge is 0.508 e. The maximum absolute atomic E-state index is 11.7. The number of nitrogens with zero attached hydrogens (tertiary/aromatic N) is 1. The monoisotopic (exact) mass is 317 g/mol. The highest BCUT2D eigenvalue weighted by Crippen LogP contribution is 2.22. The van der Waals surface area contributed by atoms with Crippen LogP contribution in [0.1, 0.15) is 11.1 Å². The first-order chi connectivity index (χ1) is 10.6. The Morgan fingerprint density at radius 3 is 2.86 bits per heavy atom. The van der Waals surface area contributed by atoms with E-state index in [1.807, 2.05) is 19.1 Å². The molecule has 0 radical (unpaired) electrons. The van der Waals surface area contributed by atoms with Crippen LogP contribution < -0.4 is 10.7 Å². The normalized spacial score (nSPS) is 10.6. The highest BCUT2D eigenvalue weighted by molar-refractivity contribution is 6.31. The standard InChI is InChI=1S/C16H16ClN3O2/c1-11-14(17)6-3-7-15(11)18-10-16(22)20-19-9-12-4-2-5-13(21)8-12/h2-9,18,21H,10H2,1H3,(H,20,22)/b19-9-. The van der Waals surface area contributed by atoms with Gasteiger partial charge in [-0.15, -0.1) is 0 Å². The second-order valence-electron chi connectivity index (χ2n) is 4.65. The third-order valence-corrected chi connectivity index (χ3v) is 3.39. The van der Waals surface area contributed by atoms with Crippen molar-refractivity contribution in [2.24, 2.45) is 5.10 Å². The molecule has 0 atom stereocenters. The van der Waals surface area contributed by atoms with E-state index in [0.29, 0.717) is 10.6 Å². The summed E-state index contributed by atoms with van der Waals surface area (Å²) in [5.41, 5.74) is 4.80. The third-order valence-electron chi connectivity index (χ3n) is 2.98. The van der Waals surface area contributed by atoms with Crippen LogP contribution in [0, 0.1) is 6.92 Å². The van der Waals surface area contributed by atoms with Crippen molar-refractivity contribution in [3.63, 3.8) is 0 Å². The van der Waals surface area contributed by atoms with Crippen LogP contribution in [0.15, 0.2) is 47.6 Å². The minimum Gasteiger partial charge on any atom is -0.508 e. The first-order valence-corrected chi connectivity index (χ1v) is 7.04. The van der Waals surface area contributed by atoms with E-state index in [1.165, 1.54) is 6.21 Å². The van der Waals surface area contributed by atoms with Crippen LogP contribution in [0.4, 0.5) is 5.69 Å². The van der Waals surface area contributed by atoms with E-state index in [0.717, 1.165) is 11.3 Å². The highest BCUT2D eigenvalue weighted by atomic mass is 35.5. The molecule has 0 fully saturated rings. The van der Waals surface area contributed by atoms with Gasteiger partial charge >= 0.3 is 0 Å². The maximum Gasteiger partial charge on any atom is 0.259 e. The zero-order valence-electron chi connectivity index (χ0n) is 12.0. The Morgan fingerprint density at radius 2 is 2.09 bits per heavy atom. The van der Waals surface area contributed by atoms with Crippen LogP contribution in [0.2, 0.25) is 5.02 Å². The fourth-order valence-corrected chi connectivity index (χ4v) is 1.97. The molecule has 5 nitrogen and oxygen atoms in total. The SMILES string of the molecule is Cc1c(Cl)cccc1NCC(=O)N/N=C\c1cccc(O)c1. The number of nitrogens with one attached hydrogen (secondary N) is 2. The summed E-state index contributed by atoms with van der Waals surface area (Å²) in [7, 11) is 0. The van der Waals surface area contributed by atoms with Gasteiger partial charge in [-0.3, -0.25) is 4.79 Å². The number of benzene rings is 2. The number of aromatic hydroxyl groups is 1. The molecule has 0 aliphatic heterocycles. The van der Waals surface area contributed by atoms with E-state index in [2.05, 4.69) is 15.8 Å². The third kappa shape index (κ3) is 4.49. The van der Waals surface area contributed by atoms with Gasteiger partial charge in [0.25, 0.3) is 5.91 Å². The van der Waals surface area contributed by atoms with E-state index < -0.39 is 0 Å². The van der Waals surface area contributed by atoms with Gasteiger partial charge in [0.2, 0.25) is 0 Å². The van der Waals surface area contributed by atoms with Gasteiger partial charge in [0.15, 0.2) is 0 Å². The molecule has 1 amide bonds. The minimum atomic E-state index is -0.282. The van der Waals surface area contributed by atoms with Gasteiger partial charge < -0.3 is 10.4 Å². The van der Waals surface area contributed by atoms with Crippen LogP contribution >= 0.6 is 11.6 Å². The number of amides is 1. The van der Waals surface area contributed by atoms with Gasteiger partial charge in [0.05, 0.1) is 12.8 Å². The Morgan fingerprint density at radius 1 is 1.32 bits per heavy atom. The second-order valence-corrected chi connectivity index (χ2v) is 5.06. The molecule has 0 bridgehead atoms. The van der Waals surface area contributed by atoms with E-state index in [9.17, 15) is 9.90 Å². The number of hydrazone groups is 1. The average molecular weight is 318 g/mol. The van der Waals surface area contributed by atoms with Crippen molar-refractivity contribution in [1.29, 1.82) is 0 Å².